The number of hydrogen-bond acceptors (Lipinski definition) is 30. The van der Waals surface area contributed by atoms with Gasteiger partial charge in [0.25, 0.3) is 0 Å². The minimum atomic E-state index is -4.89. The Morgan fingerprint density at radius 2 is 1.02 bits per heavy atom. The number of phosphoric acid groups is 3. The van der Waals surface area contributed by atoms with Crippen molar-refractivity contribution in [3.63, 3.8) is 0 Å². The van der Waals surface area contributed by atoms with Crippen LogP contribution in [0.4, 0.5) is 17.5 Å². The van der Waals surface area contributed by atoms with Gasteiger partial charge < -0.3 is 59.3 Å². The summed E-state index contributed by atoms with van der Waals surface area (Å²) >= 11 is 11.2. The van der Waals surface area contributed by atoms with Crippen LogP contribution in [0, 0.1) is 0 Å². The van der Waals surface area contributed by atoms with Crippen molar-refractivity contribution >= 4 is 133 Å². The normalized spacial score (nSPS) is 25.6. The van der Waals surface area contributed by atoms with Crippen LogP contribution in [0.2, 0.25) is 0 Å². The summed E-state index contributed by atoms with van der Waals surface area (Å²) in [6.07, 6.45) is 8.57. The summed E-state index contributed by atoms with van der Waals surface area (Å²) in [7, 11) is -10.5. The number of hydrogen-bond donors (Lipinski definition) is 7. The first kappa shape index (κ1) is 72.5. The molecule has 14 atom stereocenters. The lowest BCUT2D eigenvalue weighted by Crippen LogP contribution is -2.31. The van der Waals surface area contributed by atoms with Gasteiger partial charge in [0.15, 0.2) is 53.1 Å². The quantitative estimate of drug-likeness (QED) is 0.0123. The standard InChI is InChI=1S/C20H26N5O5PS2.C17H20N5O5PS.C11H13N5OS2.C6H7O4P.2CH4.2H2/c1-3-10-32-33-17-16(30-31(26,27)29-13-8-6-5-7-9-13)14(4-2)28-20(17)25-12-24-15-18(21)22-11-23-19(15)25;1-2-11-13(27-28(23,24)26-10-6-4-3-5-7-10)14(29)17(25-11)22-9-21-12-15(18)19-8-20-16(12)22;1-2-5-7-11(18,19-7)10(17-5)16-4-15-6-8(12)13-3-14-9(6)16;7-11(8,9)10-6-4-2-1-3-5-6;;;;/h5-9,11-12,14,16-17,20H,3-4,10H2,1-2H3,(H,26,27)(H2,21,22,23);3-9,11,13-14,17,29H,2H2,1H3,(H,23,24)(H2,18,19,20);3-5,7,10,18H,2H2,1H3,(H2,12,13,14);1-5H,(H2,7,8,9);2*1H4;2*1H/p-2/t14-,16+,17?,20-;11-,13+,14?,17-;5-,7-,10-,11?;;;;;/m111...../s1/i;;;;;;1+2D;1+2. The molecule has 94 heavy (non-hydrogen) atoms. The molecular formula is C56H76N15O15P3S5-2. The predicted octanol–water partition coefficient (Wildman–Crippen LogP) is 10.1. The van der Waals surface area contributed by atoms with Gasteiger partial charge in [-0.3, -0.25) is 32.5 Å². The Hall–Kier alpha value is -5.81. The molecule has 0 amide bonds. The fraction of sp³-hybridized carbons (Fsp3) is 0.411. The molecule has 8 N–H and O–H groups in total. The first-order valence-corrected chi connectivity index (χ1v) is 37.1. The second kappa shape index (κ2) is 32.0. The lowest BCUT2D eigenvalue weighted by molar-refractivity contribution is -0.333. The number of rotatable bonds is 20. The molecule has 6 aromatic heterocycles. The molecule has 5 unspecified atom stereocenters. The van der Waals surface area contributed by atoms with Gasteiger partial charge >= 0.3 is 15.6 Å². The van der Waals surface area contributed by atoms with Crippen LogP contribution < -0.4 is 40.6 Å². The number of anilines is 3. The van der Waals surface area contributed by atoms with Crippen molar-refractivity contribution < 1.29 is 74.5 Å². The SMILES string of the molecule is C.C.CCCSSC1[C@@H](OP(=O)(O)Oc2ccccc2)[C@@H](CC)O[C@H]1n1cnc2c(N)ncnc21.CC[C@H]1O[C@@H](n2cnc3c(N)ncnc32)C(S)[C@H]1OP(=O)(O)Oc1ccccc1.CC[C@H]1O[C@@H](n2cnc3c(N)ncnc32)C2(S)S[C@H]12.O=P([O-])([O-])Oc1ccccc1.[2H][3H].[3HH]. The van der Waals surface area contributed by atoms with Crippen molar-refractivity contribution in [3.8, 4) is 17.2 Å². The number of imidazole rings is 3. The third kappa shape index (κ3) is 17.3. The van der Waals surface area contributed by atoms with Gasteiger partial charge in [-0.2, -0.15) is 25.3 Å². The van der Waals surface area contributed by atoms with Crippen molar-refractivity contribution in [1.82, 2.24) is 58.6 Å². The average molecular weight is 1460 g/mol. The van der Waals surface area contributed by atoms with E-state index in [4.69, 9.17) is 65.1 Å². The van der Waals surface area contributed by atoms with Crippen LogP contribution in [0.1, 0.15) is 91.3 Å². The molecule has 0 radical (unpaired) electrons. The van der Waals surface area contributed by atoms with Gasteiger partial charge in [-0.15, -0.1) is 11.8 Å². The first-order valence-electron chi connectivity index (χ1n) is 29.5. The van der Waals surface area contributed by atoms with Crippen molar-refractivity contribution in [3.05, 3.63) is 129 Å². The summed E-state index contributed by atoms with van der Waals surface area (Å²) in [6.45, 7) is 8.05. The number of benzene rings is 3. The number of ether oxygens (including phenoxy) is 3. The van der Waals surface area contributed by atoms with Crippen LogP contribution in [-0.4, -0.2) is 124 Å². The molecule has 38 heteroatoms. The highest BCUT2D eigenvalue weighted by Crippen LogP contribution is 2.70. The minimum Gasteiger partial charge on any atom is -0.780 e. The zero-order chi connectivity index (χ0) is 67.5. The second-order valence-electron chi connectivity index (χ2n) is 20.5. The molecule has 4 fully saturated rings. The molecule has 512 valence electrons. The van der Waals surface area contributed by atoms with Crippen molar-refractivity contribution in [2.24, 2.45) is 0 Å². The molecule has 0 saturated carbocycles. The van der Waals surface area contributed by atoms with Gasteiger partial charge in [0.2, 0.25) is 0 Å². The fourth-order valence-electron chi connectivity index (χ4n) is 10.1. The molecule has 0 aliphatic carbocycles. The number of nitrogens with two attached hydrogens (primary N) is 3. The van der Waals surface area contributed by atoms with E-state index < -0.39 is 65.6 Å². The summed E-state index contributed by atoms with van der Waals surface area (Å²) in [6, 6.07) is 24.3. The Morgan fingerprint density at radius 3 is 1.46 bits per heavy atom. The van der Waals surface area contributed by atoms with Crippen LogP contribution in [0.5, 0.6) is 17.2 Å². The zero-order valence-electron chi connectivity index (χ0n) is 51.3. The van der Waals surface area contributed by atoms with E-state index in [2.05, 4.69) is 75.9 Å². The molecule has 13 rings (SSSR count). The van der Waals surface area contributed by atoms with E-state index in [1.807, 2.05) is 30.2 Å². The van der Waals surface area contributed by atoms with Gasteiger partial charge in [0, 0.05) is 10.1 Å². The number of thioether (sulfide) groups is 1. The summed E-state index contributed by atoms with van der Waals surface area (Å²) in [5.41, 5.74) is 20.8. The smallest absolute Gasteiger partial charge is 0.527 e. The summed E-state index contributed by atoms with van der Waals surface area (Å²) in [5, 5.41) is -0.476. The highest BCUT2D eigenvalue weighted by molar-refractivity contribution is 8.77. The monoisotopic (exact) mass is 1460 g/mol. The Kier molecular flexibility index (Phi) is 24.7. The van der Waals surface area contributed by atoms with Crippen LogP contribution in [0.25, 0.3) is 33.5 Å². The lowest BCUT2D eigenvalue weighted by Gasteiger charge is -2.28. The molecular weight excluding hydrogens is 1380 g/mol. The predicted molar refractivity (Wildman–Crippen MR) is 368 cm³/mol. The third-order valence-corrected chi connectivity index (χ3v) is 22.7. The highest BCUT2D eigenvalue weighted by atomic mass is 33.1. The second-order valence-corrected chi connectivity index (χ2v) is 30.0. The number of aromatic nitrogens is 12. The summed E-state index contributed by atoms with van der Waals surface area (Å²) in [5.74, 6) is 2.35. The molecule has 9 aromatic rings. The van der Waals surface area contributed by atoms with E-state index in [9.17, 15) is 33.3 Å². The molecule has 0 spiro atoms. The van der Waals surface area contributed by atoms with Crippen LogP contribution >= 0.6 is 82.1 Å². The van der Waals surface area contributed by atoms with Gasteiger partial charge in [-0.25, -0.2) is 54.0 Å². The molecule has 30 nitrogen and oxygen atoms in total. The van der Waals surface area contributed by atoms with E-state index in [0.717, 1.165) is 18.6 Å². The van der Waals surface area contributed by atoms with Gasteiger partial charge in [0.1, 0.15) is 76.9 Å². The number of phosphoric ester groups is 3. The Morgan fingerprint density at radius 1 is 0.617 bits per heavy atom. The Labute approximate surface area is 569 Å². The molecule has 0 bridgehead atoms. The first-order chi connectivity index (χ1) is 45.1. The number of fused-ring (bicyclic) bond motifs is 4. The van der Waals surface area contributed by atoms with Crippen LogP contribution in [0.15, 0.2) is 129 Å². The molecule has 3 aromatic carbocycles. The fourth-order valence-corrected chi connectivity index (χ4v) is 18.0. The van der Waals surface area contributed by atoms with E-state index in [1.165, 1.54) is 37.4 Å². The maximum atomic E-state index is 12.9. The lowest BCUT2D eigenvalue weighted by atomic mass is 10.1. The number of para-hydroxylation sites is 3. The van der Waals surface area contributed by atoms with E-state index >= 15 is 0 Å². The molecule has 4 aliphatic rings. The van der Waals surface area contributed by atoms with E-state index in [1.54, 1.807) is 122 Å². The van der Waals surface area contributed by atoms with Gasteiger partial charge in [-0.05, 0) is 62.1 Å². The Balaban J connectivity index is 0.000000212. The Bertz CT molecular complexity index is 4110. The van der Waals surface area contributed by atoms with Gasteiger partial charge in [0.05, 0.1) is 53.0 Å². The van der Waals surface area contributed by atoms with Crippen LogP contribution in [0.3, 0.4) is 0 Å². The number of nitrogen functional groups attached to an aromatic ring is 3. The van der Waals surface area contributed by atoms with Gasteiger partial charge in [-0.1, -0.05) is 119 Å². The summed E-state index contributed by atoms with van der Waals surface area (Å²) < 4.78 is 94.9. The maximum Gasteiger partial charge on any atom is 0.527 e. The topological polar surface area (TPSA) is 420 Å². The van der Waals surface area contributed by atoms with Crippen molar-refractivity contribution in [2.45, 2.75) is 137 Å². The number of nitrogens with zero attached hydrogens (tertiary/aromatic N) is 12. The maximum absolute atomic E-state index is 12.9. The molecule has 4 saturated heterocycles. The minimum absolute atomic E-state index is 0. The largest absolute Gasteiger partial charge is 0.780 e. The van der Waals surface area contributed by atoms with E-state index in [0.29, 0.717) is 57.4 Å². The number of thiol groups is 2. The molecule has 10 heterocycles. The molecule has 4 aliphatic heterocycles. The third-order valence-electron chi connectivity index (χ3n) is 14.3. The summed E-state index contributed by atoms with van der Waals surface area (Å²) in [4.78, 5) is 78.4. The van der Waals surface area contributed by atoms with E-state index in [-0.39, 0.29) is 66.8 Å². The van der Waals surface area contributed by atoms with Crippen molar-refractivity contribution in [2.75, 3.05) is 23.0 Å². The highest BCUT2D eigenvalue weighted by Gasteiger charge is 2.69. The average Bonchev–Trinajstić information content (AvgIpc) is 1.54. The van der Waals surface area contributed by atoms with Crippen LogP contribution in [-0.2, 0) is 37.0 Å². The zero-order valence-corrected chi connectivity index (χ0v) is 56.2. The van der Waals surface area contributed by atoms with Crippen molar-refractivity contribution in [1.29, 1.82) is 0 Å².